The number of ether oxygens (including phenoxy) is 1. The number of rotatable bonds is 0. The zero-order chi connectivity index (χ0) is 26.0. The summed E-state index contributed by atoms with van der Waals surface area (Å²) in [5, 5.41) is 2.54. The average molecular weight is 480 g/mol. The molecule has 4 aromatic carbocycles. The van der Waals surface area contributed by atoms with Gasteiger partial charge in [-0.15, -0.1) is 0 Å². The van der Waals surface area contributed by atoms with Gasteiger partial charge < -0.3 is 4.74 Å². The van der Waals surface area contributed by atoms with Crippen LogP contribution in [0.3, 0.4) is 0 Å². The third-order valence-electron chi connectivity index (χ3n) is 10.2. The van der Waals surface area contributed by atoms with Crippen LogP contribution in [0, 0.1) is 33.6 Å². The highest BCUT2D eigenvalue weighted by Crippen LogP contribution is 2.67. The van der Waals surface area contributed by atoms with Crippen LogP contribution in [-0.4, -0.2) is 13.3 Å². The van der Waals surface area contributed by atoms with Gasteiger partial charge in [0, 0.05) is 10.9 Å². The summed E-state index contributed by atoms with van der Waals surface area (Å²) in [6, 6.07) is 18.3. The molecule has 0 saturated carbocycles. The fourth-order valence-corrected chi connectivity index (χ4v) is 7.94. The Morgan fingerprint density at radius 1 is 0.784 bits per heavy atom. The van der Waals surface area contributed by atoms with Crippen molar-refractivity contribution in [2.45, 2.75) is 65.3 Å². The molecule has 0 amide bonds. The summed E-state index contributed by atoms with van der Waals surface area (Å²) in [4.78, 5) is 0. The molecule has 2 heteroatoms. The molecule has 4 aromatic rings. The second-order valence-corrected chi connectivity index (χ2v) is 11.9. The Bertz CT molecular complexity index is 1710. The molecule has 2 aliphatic carbocycles. The van der Waals surface area contributed by atoms with Crippen molar-refractivity contribution >= 4 is 24.7 Å². The molecule has 0 bridgehead atoms. The maximum Gasteiger partial charge on any atom is 0.137 e. The summed E-state index contributed by atoms with van der Waals surface area (Å²) in [6.45, 7) is 15.9. The Balaban J connectivity index is 1.79. The van der Waals surface area contributed by atoms with Crippen LogP contribution >= 0.6 is 0 Å². The molecule has 0 aromatic heterocycles. The van der Waals surface area contributed by atoms with E-state index < -0.39 is 5.50 Å². The SMILES string of the molecule is [B]C1(C)C=Cc2c3c(c4c(C)c(C)c(C)c(C)c4c2O1)-c1ccccc1C31c2ccccc2C(C)C1C. The van der Waals surface area contributed by atoms with Gasteiger partial charge in [0.1, 0.15) is 13.6 Å². The maximum absolute atomic E-state index is 6.73. The van der Waals surface area contributed by atoms with Crippen molar-refractivity contribution in [3.63, 3.8) is 0 Å². The van der Waals surface area contributed by atoms with Gasteiger partial charge >= 0.3 is 0 Å². The first kappa shape index (κ1) is 22.9. The number of hydrogen-bond acceptors (Lipinski definition) is 1. The van der Waals surface area contributed by atoms with Crippen LogP contribution in [0.5, 0.6) is 5.75 Å². The lowest BCUT2D eigenvalue weighted by Crippen LogP contribution is -2.35. The van der Waals surface area contributed by atoms with Gasteiger partial charge in [-0.3, -0.25) is 0 Å². The van der Waals surface area contributed by atoms with E-state index in [2.05, 4.69) is 96.1 Å². The van der Waals surface area contributed by atoms with Crippen LogP contribution in [0.1, 0.15) is 76.8 Å². The molecule has 1 aliphatic heterocycles. The molecule has 0 N–H and O–H groups in total. The molecule has 182 valence electrons. The first-order valence-corrected chi connectivity index (χ1v) is 13.6. The van der Waals surface area contributed by atoms with E-state index >= 15 is 0 Å². The smallest absolute Gasteiger partial charge is 0.137 e. The Morgan fingerprint density at radius 2 is 1.41 bits per heavy atom. The highest BCUT2D eigenvalue weighted by Gasteiger charge is 2.57. The van der Waals surface area contributed by atoms with Crippen LogP contribution in [0.4, 0.5) is 0 Å². The van der Waals surface area contributed by atoms with Crippen LogP contribution in [0.15, 0.2) is 54.6 Å². The second-order valence-electron chi connectivity index (χ2n) is 11.9. The first-order chi connectivity index (χ1) is 17.6. The third kappa shape index (κ3) is 2.57. The molecule has 37 heavy (non-hydrogen) atoms. The first-order valence-electron chi connectivity index (χ1n) is 13.6. The maximum atomic E-state index is 6.73. The lowest BCUT2D eigenvalue weighted by Gasteiger charge is -2.39. The van der Waals surface area contributed by atoms with E-state index in [1.54, 1.807) is 0 Å². The second kappa shape index (κ2) is 7.19. The molecule has 0 saturated heterocycles. The minimum absolute atomic E-state index is 0.241. The number of fused-ring (bicyclic) bond motifs is 12. The van der Waals surface area contributed by atoms with Crippen LogP contribution in [0.2, 0.25) is 0 Å². The topological polar surface area (TPSA) is 9.23 Å². The van der Waals surface area contributed by atoms with Gasteiger partial charge in [0.2, 0.25) is 0 Å². The molecule has 0 fully saturated rings. The quantitative estimate of drug-likeness (QED) is 0.230. The van der Waals surface area contributed by atoms with Gasteiger partial charge in [-0.25, -0.2) is 0 Å². The molecule has 7 rings (SSSR count). The van der Waals surface area contributed by atoms with E-state index in [0.717, 1.165) is 5.75 Å². The summed E-state index contributed by atoms with van der Waals surface area (Å²) in [5.41, 5.74) is 13.9. The summed E-state index contributed by atoms with van der Waals surface area (Å²) >= 11 is 0. The number of hydrogen-bond donors (Lipinski definition) is 0. The molecule has 3 aliphatic rings. The molecule has 1 spiro atoms. The number of benzene rings is 4. The van der Waals surface area contributed by atoms with Gasteiger partial charge in [-0.2, -0.15) is 0 Å². The fourth-order valence-electron chi connectivity index (χ4n) is 7.94. The Kier molecular flexibility index (Phi) is 4.45. The van der Waals surface area contributed by atoms with Crippen molar-refractivity contribution in [1.29, 1.82) is 0 Å². The van der Waals surface area contributed by atoms with Crippen molar-refractivity contribution in [2.75, 3.05) is 0 Å². The molecule has 1 nitrogen and oxygen atoms in total. The van der Waals surface area contributed by atoms with E-state index in [0.29, 0.717) is 11.8 Å². The van der Waals surface area contributed by atoms with E-state index in [9.17, 15) is 0 Å². The summed E-state index contributed by atoms with van der Waals surface area (Å²) < 4.78 is 6.73. The fraction of sp³-hybridized carbons (Fsp3) is 0.314. The van der Waals surface area contributed by atoms with E-state index in [4.69, 9.17) is 12.6 Å². The molecule has 4 unspecified atom stereocenters. The van der Waals surface area contributed by atoms with Crippen molar-refractivity contribution < 1.29 is 4.74 Å². The zero-order valence-electron chi connectivity index (χ0n) is 22.9. The van der Waals surface area contributed by atoms with Gasteiger partial charge in [-0.1, -0.05) is 74.5 Å². The molecule has 4 atom stereocenters. The van der Waals surface area contributed by atoms with Crippen LogP contribution < -0.4 is 4.74 Å². The zero-order valence-corrected chi connectivity index (χ0v) is 22.9. The van der Waals surface area contributed by atoms with Crippen molar-refractivity contribution in [3.8, 4) is 16.9 Å². The summed E-state index contributed by atoms with van der Waals surface area (Å²) in [6.07, 6.45) is 4.29. The standard InChI is InChI=1S/C35H33BO/c1-18-19(2)21(4)30-29(20(18)3)31-25-13-9-11-15-28(25)35(23(6)22(5)24-12-8-10-14-27(24)35)32(31)26-16-17-34(7,36)37-33(26)30/h8-17,22-23H,1-7H3. The highest BCUT2D eigenvalue weighted by atomic mass is 16.5. The monoisotopic (exact) mass is 480 g/mol. The molecule has 2 radical (unpaired) electrons. The largest absolute Gasteiger partial charge is 0.492 e. The third-order valence-corrected chi connectivity index (χ3v) is 10.2. The van der Waals surface area contributed by atoms with Crippen molar-refractivity contribution in [2.24, 2.45) is 5.92 Å². The van der Waals surface area contributed by atoms with E-state index in [1.165, 1.54) is 72.0 Å². The van der Waals surface area contributed by atoms with Gasteiger partial charge in [0.25, 0.3) is 0 Å². The van der Waals surface area contributed by atoms with Crippen molar-refractivity contribution in [3.05, 3.63) is 105 Å². The van der Waals surface area contributed by atoms with Gasteiger partial charge in [0.15, 0.2) is 0 Å². The van der Waals surface area contributed by atoms with Gasteiger partial charge in [0.05, 0.1) is 10.9 Å². The van der Waals surface area contributed by atoms with E-state index in [-0.39, 0.29) is 5.41 Å². The molecular weight excluding hydrogens is 447 g/mol. The Hall–Kier alpha value is -3.26. The molecule has 1 heterocycles. The van der Waals surface area contributed by atoms with Gasteiger partial charge in [-0.05, 0) is 107 Å². The lowest BCUT2D eigenvalue weighted by atomic mass is 9.65. The minimum atomic E-state index is -0.849. The average Bonchev–Trinajstić information content (AvgIpc) is 3.31. The number of aryl methyl sites for hydroxylation is 2. The van der Waals surface area contributed by atoms with Crippen LogP contribution in [-0.2, 0) is 5.41 Å². The molecular formula is C35H33BO. The summed E-state index contributed by atoms with van der Waals surface area (Å²) in [7, 11) is 6.63. The Labute approximate surface area is 222 Å². The predicted molar refractivity (Wildman–Crippen MR) is 156 cm³/mol. The van der Waals surface area contributed by atoms with E-state index in [1.807, 2.05) is 13.0 Å². The predicted octanol–water partition coefficient (Wildman–Crippen LogP) is 8.43. The van der Waals surface area contributed by atoms with Crippen LogP contribution in [0.25, 0.3) is 28.0 Å². The normalized spacial score (nSPS) is 26.7. The highest BCUT2D eigenvalue weighted by molar-refractivity contribution is 6.18. The summed E-state index contributed by atoms with van der Waals surface area (Å²) in [5.74, 6) is 1.78. The Morgan fingerprint density at radius 3 is 2.14 bits per heavy atom. The minimum Gasteiger partial charge on any atom is -0.492 e. The van der Waals surface area contributed by atoms with Crippen molar-refractivity contribution in [1.82, 2.24) is 0 Å². The lowest BCUT2D eigenvalue weighted by molar-refractivity contribution is 0.226.